The summed E-state index contributed by atoms with van der Waals surface area (Å²) in [5.74, 6) is 0.211. The molecule has 2 heteroatoms. The first-order valence-electron chi connectivity index (χ1n) is 5.62. The lowest BCUT2D eigenvalue weighted by Crippen LogP contribution is -2.58. The normalized spacial score (nSPS) is 13.9. The summed E-state index contributed by atoms with van der Waals surface area (Å²) in [5.41, 5.74) is -0.591. The molecule has 0 N–H and O–H groups in total. The first-order valence-corrected chi connectivity index (χ1v) is 5.62. The molecule has 0 fully saturated rings. The van der Waals surface area contributed by atoms with Crippen LogP contribution in [0.2, 0.25) is 0 Å². The molecule has 0 aromatic rings. The van der Waals surface area contributed by atoms with Gasteiger partial charge in [-0.3, -0.25) is 4.79 Å². The van der Waals surface area contributed by atoms with Gasteiger partial charge in [0.05, 0.1) is 0 Å². The van der Waals surface area contributed by atoms with Crippen LogP contribution in [-0.2, 0) is 4.79 Å². The molecule has 0 radical (unpaired) electrons. The van der Waals surface area contributed by atoms with Crippen molar-refractivity contribution in [2.24, 2.45) is 5.41 Å². The van der Waals surface area contributed by atoms with Crippen LogP contribution in [0, 0.1) is 5.41 Å². The van der Waals surface area contributed by atoms with Crippen molar-refractivity contribution in [3.8, 4) is 0 Å². The highest BCUT2D eigenvalue weighted by atomic mass is 16.2. The van der Waals surface area contributed by atoms with Crippen molar-refractivity contribution in [3.63, 3.8) is 0 Å². The first kappa shape index (κ1) is 14.5. The number of nitrogens with zero attached hydrogens (tertiary/aromatic N) is 1. The van der Waals surface area contributed by atoms with Gasteiger partial charge in [-0.25, -0.2) is 0 Å². The maximum Gasteiger partial charge on any atom is 0.228 e. The van der Waals surface area contributed by atoms with Gasteiger partial charge in [0.15, 0.2) is 0 Å². The van der Waals surface area contributed by atoms with Crippen molar-refractivity contribution in [1.82, 2.24) is 4.90 Å². The minimum atomic E-state index is -0.319. The Morgan fingerprint density at radius 3 is 1.07 bits per heavy atom. The summed E-state index contributed by atoms with van der Waals surface area (Å²) in [5, 5.41) is 0. The van der Waals surface area contributed by atoms with Crippen LogP contribution in [0.25, 0.3) is 0 Å². The van der Waals surface area contributed by atoms with E-state index in [0.29, 0.717) is 0 Å². The second-order valence-electron chi connectivity index (χ2n) is 7.23. The lowest BCUT2D eigenvalue weighted by molar-refractivity contribution is -0.151. The van der Waals surface area contributed by atoms with Crippen LogP contribution < -0.4 is 0 Å². The maximum absolute atomic E-state index is 12.4. The number of carbonyl (C=O) groups excluding carboxylic acids is 1. The molecule has 0 heterocycles. The summed E-state index contributed by atoms with van der Waals surface area (Å²) in [7, 11) is 0. The molecule has 0 atom stereocenters. The molecule has 0 aromatic heterocycles. The van der Waals surface area contributed by atoms with E-state index in [9.17, 15) is 4.79 Å². The summed E-state index contributed by atoms with van der Waals surface area (Å²) < 4.78 is 0. The van der Waals surface area contributed by atoms with Gasteiger partial charge in [-0.2, -0.15) is 0 Å². The molecule has 0 rings (SSSR count). The molecule has 0 aliphatic carbocycles. The minimum absolute atomic E-state index is 0.136. The summed E-state index contributed by atoms with van der Waals surface area (Å²) in [4.78, 5) is 14.4. The Hall–Kier alpha value is -0.530. The van der Waals surface area contributed by atoms with Gasteiger partial charge in [0.25, 0.3) is 0 Å². The molecule has 0 unspecified atom stereocenters. The van der Waals surface area contributed by atoms with Crippen LogP contribution in [0.3, 0.4) is 0 Å². The number of carbonyl (C=O) groups is 1. The van der Waals surface area contributed by atoms with Crippen molar-refractivity contribution < 1.29 is 4.79 Å². The van der Waals surface area contributed by atoms with Gasteiger partial charge < -0.3 is 4.90 Å². The fourth-order valence-corrected chi connectivity index (χ4v) is 1.95. The number of hydrogen-bond donors (Lipinski definition) is 0. The van der Waals surface area contributed by atoms with E-state index in [4.69, 9.17) is 0 Å². The van der Waals surface area contributed by atoms with E-state index in [1.165, 1.54) is 0 Å². The van der Waals surface area contributed by atoms with Crippen molar-refractivity contribution in [2.75, 3.05) is 0 Å². The molecule has 0 aliphatic rings. The Morgan fingerprint density at radius 1 is 0.733 bits per heavy atom. The van der Waals surface area contributed by atoms with Crippen LogP contribution in [0.5, 0.6) is 0 Å². The molecule has 0 aliphatic heterocycles. The van der Waals surface area contributed by atoms with Crippen molar-refractivity contribution in [3.05, 3.63) is 0 Å². The Balaban J connectivity index is 5.26. The largest absolute Gasteiger partial charge is 0.333 e. The van der Waals surface area contributed by atoms with Gasteiger partial charge >= 0.3 is 0 Å². The van der Waals surface area contributed by atoms with E-state index in [-0.39, 0.29) is 22.4 Å². The van der Waals surface area contributed by atoms with Crippen molar-refractivity contribution in [2.45, 2.75) is 73.4 Å². The van der Waals surface area contributed by atoms with Gasteiger partial charge in [-0.15, -0.1) is 0 Å². The topological polar surface area (TPSA) is 20.3 Å². The van der Waals surface area contributed by atoms with Crippen LogP contribution >= 0.6 is 0 Å². The summed E-state index contributed by atoms with van der Waals surface area (Å²) >= 11 is 0. The molecule has 0 aromatic carbocycles. The van der Waals surface area contributed by atoms with E-state index in [0.717, 1.165) is 0 Å². The summed E-state index contributed by atoms with van der Waals surface area (Å²) in [6, 6.07) is 0. The van der Waals surface area contributed by atoms with Gasteiger partial charge in [0, 0.05) is 16.5 Å². The molecule has 1 amide bonds. The number of hydrogen-bond acceptors (Lipinski definition) is 1. The van der Waals surface area contributed by atoms with Crippen LogP contribution in [0.15, 0.2) is 0 Å². The Morgan fingerprint density at radius 2 is 1.00 bits per heavy atom. The zero-order valence-electron chi connectivity index (χ0n) is 11.9. The third-order valence-electron chi connectivity index (χ3n) is 2.19. The minimum Gasteiger partial charge on any atom is -0.333 e. The van der Waals surface area contributed by atoms with Crippen molar-refractivity contribution in [1.29, 1.82) is 0 Å². The van der Waals surface area contributed by atoms with Gasteiger partial charge in [0.1, 0.15) is 0 Å². The highest BCUT2D eigenvalue weighted by Crippen LogP contribution is 2.30. The molecular formula is C13H27NO. The molecular weight excluding hydrogens is 186 g/mol. The fourth-order valence-electron chi connectivity index (χ4n) is 1.95. The van der Waals surface area contributed by atoms with Gasteiger partial charge in [0.2, 0.25) is 5.91 Å². The number of rotatable bonds is 0. The smallest absolute Gasteiger partial charge is 0.228 e. The predicted octanol–water partition coefficient (Wildman–Crippen LogP) is 3.46. The predicted molar refractivity (Wildman–Crippen MR) is 65.8 cm³/mol. The third-order valence-corrected chi connectivity index (χ3v) is 2.19. The van der Waals surface area contributed by atoms with Gasteiger partial charge in [-0.1, -0.05) is 20.8 Å². The molecule has 0 spiro atoms. The summed E-state index contributed by atoms with van der Waals surface area (Å²) in [6.07, 6.45) is 0. The zero-order valence-corrected chi connectivity index (χ0v) is 11.9. The fraction of sp³-hybridized carbons (Fsp3) is 0.923. The molecule has 90 valence electrons. The van der Waals surface area contributed by atoms with Crippen LogP contribution in [0.4, 0.5) is 0 Å². The molecule has 2 nitrogen and oxygen atoms in total. The number of amides is 1. The van der Waals surface area contributed by atoms with Crippen LogP contribution in [0.1, 0.15) is 62.3 Å². The molecule has 0 saturated heterocycles. The Labute approximate surface area is 95.0 Å². The molecule has 0 bridgehead atoms. The second-order valence-corrected chi connectivity index (χ2v) is 7.23. The van der Waals surface area contributed by atoms with E-state index < -0.39 is 0 Å². The molecule has 15 heavy (non-hydrogen) atoms. The van der Waals surface area contributed by atoms with Gasteiger partial charge in [-0.05, 0) is 41.5 Å². The lowest BCUT2D eigenvalue weighted by atomic mass is 9.87. The van der Waals surface area contributed by atoms with E-state index >= 15 is 0 Å². The monoisotopic (exact) mass is 213 g/mol. The van der Waals surface area contributed by atoms with E-state index in [2.05, 4.69) is 41.5 Å². The average molecular weight is 213 g/mol. The Kier molecular flexibility index (Phi) is 3.67. The third kappa shape index (κ3) is 3.84. The molecule has 0 saturated carbocycles. The quantitative estimate of drug-likeness (QED) is 0.603. The zero-order chi connectivity index (χ0) is 12.7. The Bertz CT molecular complexity index is 221. The first-order chi connectivity index (χ1) is 6.28. The van der Waals surface area contributed by atoms with Crippen molar-refractivity contribution >= 4 is 5.91 Å². The van der Waals surface area contributed by atoms with E-state index in [1.807, 2.05) is 25.7 Å². The highest BCUT2D eigenvalue weighted by molar-refractivity contribution is 5.82. The maximum atomic E-state index is 12.4. The summed E-state index contributed by atoms with van der Waals surface area (Å²) in [6.45, 7) is 18.4. The lowest BCUT2D eigenvalue weighted by Gasteiger charge is -2.48. The van der Waals surface area contributed by atoms with Crippen LogP contribution in [-0.4, -0.2) is 21.9 Å². The van der Waals surface area contributed by atoms with E-state index in [1.54, 1.807) is 0 Å². The highest BCUT2D eigenvalue weighted by Gasteiger charge is 2.40. The second kappa shape index (κ2) is 3.80. The standard InChI is InChI=1S/C13H27NO/c1-11(2,3)10(15)14(12(4,5)6)13(7,8)9/h1-9H3. The average Bonchev–Trinajstić information content (AvgIpc) is 1.76. The SMILES string of the molecule is CC(C)(C)C(=O)N(C(C)(C)C)C(C)(C)C.